The van der Waals surface area contributed by atoms with Gasteiger partial charge < -0.3 is 10.3 Å². The van der Waals surface area contributed by atoms with Gasteiger partial charge in [0, 0.05) is 24.2 Å². The van der Waals surface area contributed by atoms with Crippen LogP contribution in [0.5, 0.6) is 0 Å². The zero-order chi connectivity index (χ0) is 14.1. The summed E-state index contributed by atoms with van der Waals surface area (Å²) in [6.45, 7) is 2.41. The SMILES string of the molecule is Cc1cnc2c(c1)nc(-c1ccncc1)n2CC(N)=S. The number of rotatable bonds is 3. The topological polar surface area (TPSA) is 69.6 Å². The summed E-state index contributed by atoms with van der Waals surface area (Å²) in [6, 6.07) is 5.82. The van der Waals surface area contributed by atoms with Crippen molar-refractivity contribution in [1.82, 2.24) is 19.5 Å². The first kappa shape index (κ1) is 12.7. The molecule has 0 aliphatic rings. The molecule has 5 nitrogen and oxygen atoms in total. The minimum atomic E-state index is 0.405. The van der Waals surface area contributed by atoms with Gasteiger partial charge in [-0.3, -0.25) is 4.98 Å². The van der Waals surface area contributed by atoms with Gasteiger partial charge in [-0.05, 0) is 30.7 Å². The lowest BCUT2D eigenvalue weighted by Gasteiger charge is -2.07. The maximum absolute atomic E-state index is 5.69. The first-order valence-corrected chi connectivity index (χ1v) is 6.57. The first-order valence-electron chi connectivity index (χ1n) is 6.17. The average Bonchev–Trinajstić information content (AvgIpc) is 2.77. The molecule has 0 atom stereocenters. The summed E-state index contributed by atoms with van der Waals surface area (Å²) in [6.07, 6.45) is 5.29. The number of aromatic nitrogens is 4. The third kappa shape index (κ3) is 2.25. The maximum Gasteiger partial charge on any atom is 0.160 e. The van der Waals surface area contributed by atoms with Crippen molar-refractivity contribution >= 4 is 28.4 Å². The monoisotopic (exact) mass is 283 g/mol. The van der Waals surface area contributed by atoms with Crippen molar-refractivity contribution < 1.29 is 0 Å². The summed E-state index contributed by atoms with van der Waals surface area (Å²) in [5.41, 5.74) is 9.36. The largest absolute Gasteiger partial charge is 0.392 e. The van der Waals surface area contributed by atoms with Gasteiger partial charge in [0.1, 0.15) is 11.3 Å². The Morgan fingerprint density at radius 2 is 2.10 bits per heavy atom. The van der Waals surface area contributed by atoms with Gasteiger partial charge in [0.2, 0.25) is 0 Å². The molecule has 3 aromatic rings. The van der Waals surface area contributed by atoms with Gasteiger partial charge in [-0.25, -0.2) is 9.97 Å². The average molecular weight is 283 g/mol. The molecule has 0 amide bonds. The molecule has 3 aromatic heterocycles. The van der Waals surface area contributed by atoms with E-state index in [0.29, 0.717) is 11.5 Å². The molecule has 3 heterocycles. The highest BCUT2D eigenvalue weighted by atomic mass is 32.1. The Kier molecular flexibility index (Phi) is 3.15. The quantitative estimate of drug-likeness (QED) is 0.745. The van der Waals surface area contributed by atoms with Crippen LogP contribution < -0.4 is 5.73 Å². The third-order valence-electron chi connectivity index (χ3n) is 2.97. The van der Waals surface area contributed by atoms with Gasteiger partial charge in [0.25, 0.3) is 0 Å². The molecule has 0 saturated heterocycles. The van der Waals surface area contributed by atoms with E-state index in [2.05, 4.69) is 15.0 Å². The predicted molar refractivity (Wildman–Crippen MR) is 82.3 cm³/mol. The van der Waals surface area contributed by atoms with Crippen molar-refractivity contribution in [3.8, 4) is 11.4 Å². The van der Waals surface area contributed by atoms with E-state index in [1.807, 2.05) is 35.9 Å². The van der Waals surface area contributed by atoms with Crippen LogP contribution in [0.4, 0.5) is 0 Å². The first-order chi connectivity index (χ1) is 9.65. The number of thiocarbonyl (C=S) groups is 1. The van der Waals surface area contributed by atoms with Gasteiger partial charge >= 0.3 is 0 Å². The fourth-order valence-electron chi connectivity index (χ4n) is 2.14. The lowest BCUT2D eigenvalue weighted by atomic mass is 10.2. The van der Waals surface area contributed by atoms with E-state index in [9.17, 15) is 0 Å². The Balaban J connectivity index is 2.27. The molecule has 0 aliphatic carbocycles. The van der Waals surface area contributed by atoms with Crippen molar-refractivity contribution in [3.05, 3.63) is 42.4 Å². The highest BCUT2D eigenvalue weighted by molar-refractivity contribution is 7.80. The van der Waals surface area contributed by atoms with Gasteiger partial charge in [-0.2, -0.15) is 0 Å². The molecule has 0 saturated carbocycles. The third-order valence-corrected chi connectivity index (χ3v) is 3.10. The summed E-state index contributed by atoms with van der Waals surface area (Å²) in [4.78, 5) is 13.5. The van der Waals surface area contributed by atoms with E-state index in [4.69, 9.17) is 18.0 Å². The van der Waals surface area contributed by atoms with Crippen LogP contribution in [0.25, 0.3) is 22.6 Å². The van der Waals surface area contributed by atoms with Crippen LogP contribution in [0.3, 0.4) is 0 Å². The fraction of sp³-hybridized carbons (Fsp3) is 0.143. The van der Waals surface area contributed by atoms with Crippen LogP contribution >= 0.6 is 12.2 Å². The lowest BCUT2D eigenvalue weighted by molar-refractivity contribution is 0.881. The van der Waals surface area contributed by atoms with Gasteiger partial charge in [-0.15, -0.1) is 0 Å². The van der Waals surface area contributed by atoms with Crippen LogP contribution in [0, 0.1) is 6.92 Å². The van der Waals surface area contributed by atoms with E-state index in [0.717, 1.165) is 28.1 Å². The summed E-state index contributed by atoms with van der Waals surface area (Å²) >= 11 is 5.03. The Bertz CT molecular complexity index is 779. The maximum atomic E-state index is 5.69. The summed E-state index contributed by atoms with van der Waals surface area (Å²) in [7, 11) is 0. The van der Waals surface area contributed by atoms with Crippen LogP contribution in [0.15, 0.2) is 36.8 Å². The number of fused-ring (bicyclic) bond motifs is 1. The smallest absolute Gasteiger partial charge is 0.160 e. The second-order valence-corrected chi connectivity index (χ2v) is 5.10. The minimum Gasteiger partial charge on any atom is -0.392 e. The predicted octanol–water partition coefficient (Wildman–Crippen LogP) is 2.09. The molecular weight excluding hydrogens is 270 g/mol. The molecule has 0 aromatic carbocycles. The van der Waals surface area contributed by atoms with E-state index in [-0.39, 0.29) is 0 Å². The highest BCUT2D eigenvalue weighted by Gasteiger charge is 2.14. The van der Waals surface area contributed by atoms with Crippen LogP contribution in [0.1, 0.15) is 5.56 Å². The van der Waals surface area contributed by atoms with Crippen LogP contribution in [-0.4, -0.2) is 24.5 Å². The number of imidazole rings is 1. The van der Waals surface area contributed by atoms with Crippen molar-refractivity contribution in [2.75, 3.05) is 0 Å². The second kappa shape index (κ2) is 4.97. The molecule has 0 bridgehead atoms. The number of pyridine rings is 2. The van der Waals surface area contributed by atoms with E-state index >= 15 is 0 Å². The number of nitrogens with zero attached hydrogens (tertiary/aromatic N) is 4. The minimum absolute atomic E-state index is 0.405. The van der Waals surface area contributed by atoms with Crippen molar-refractivity contribution in [3.63, 3.8) is 0 Å². The number of nitrogens with two attached hydrogens (primary N) is 1. The molecule has 0 radical (unpaired) electrons. The van der Waals surface area contributed by atoms with Crippen LogP contribution in [0.2, 0.25) is 0 Å². The van der Waals surface area contributed by atoms with E-state index in [1.54, 1.807) is 12.4 Å². The fourth-order valence-corrected chi connectivity index (χ4v) is 2.27. The second-order valence-electron chi connectivity index (χ2n) is 4.58. The van der Waals surface area contributed by atoms with E-state index < -0.39 is 0 Å². The number of aryl methyl sites for hydroxylation is 1. The van der Waals surface area contributed by atoms with Gasteiger partial charge in [0.05, 0.1) is 11.5 Å². The zero-order valence-corrected chi connectivity index (χ0v) is 11.8. The summed E-state index contributed by atoms with van der Waals surface area (Å²) < 4.78 is 1.94. The van der Waals surface area contributed by atoms with Gasteiger partial charge in [-0.1, -0.05) is 12.2 Å². The molecule has 6 heteroatoms. The molecule has 0 unspecified atom stereocenters. The molecule has 0 aliphatic heterocycles. The summed E-state index contributed by atoms with van der Waals surface area (Å²) in [5.74, 6) is 0.799. The molecular formula is C14H13N5S. The molecule has 0 spiro atoms. The highest BCUT2D eigenvalue weighted by Crippen LogP contribution is 2.23. The van der Waals surface area contributed by atoms with E-state index in [1.165, 1.54) is 0 Å². The zero-order valence-electron chi connectivity index (χ0n) is 10.9. The van der Waals surface area contributed by atoms with Crippen molar-refractivity contribution in [2.45, 2.75) is 13.5 Å². The number of hydrogen-bond donors (Lipinski definition) is 1. The lowest BCUT2D eigenvalue weighted by Crippen LogP contribution is -2.17. The number of hydrogen-bond acceptors (Lipinski definition) is 4. The molecule has 2 N–H and O–H groups in total. The summed E-state index contributed by atoms with van der Waals surface area (Å²) in [5, 5.41) is 0. The Morgan fingerprint density at radius 3 is 2.80 bits per heavy atom. The molecule has 3 rings (SSSR count). The standard InChI is InChI=1S/C14H13N5S/c1-9-6-11-14(17-7-9)19(8-12(15)20)13(18-11)10-2-4-16-5-3-10/h2-7H,8H2,1H3,(H2,15,20). The van der Waals surface area contributed by atoms with Crippen LogP contribution in [-0.2, 0) is 6.54 Å². The Morgan fingerprint density at radius 1 is 1.35 bits per heavy atom. The molecule has 0 fully saturated rings. The van der Waals surface area contributed by atoms with Crippen molar-refractivity contribution in [1.29, 1.82) is 0 Å². The normalized spacial score (nSPS) is 10.8. The molecule has 20 heavy (non-hydrogen) atoms. The Labute approximate surface area is 121 Å². The Hall–Kier alpha value is -2.34. The molecule has 100 valence electrons. The van der Waals surface area contributed by atoms with Gasteiger partial charge in [0.15, 0.2) is 5.65 Å². The van der Waals surface area contributed by atoms with Crippen molar-refractivity contribution in [2.24, 2.45) is 5.73 Å².